The van der Waals surface area contributed by atoms with E-state index in [1.165, 1.54) is 6.07 Å². The number of nitrogens with one attached hydrogen (secondary N) is 1. The number of ether oxygens (including phenoxy) is 1. The van der Waals surface area contributed by atoms with Crippen LogP contribution in [0, 0.1) is 0 Å². The van der Waals surface area contributed by atoms with E-state index in [-0.39, 0.29) is 22.9 Å². The number of carbonyl (C=O) groups excluding carboxylic acids is 1. The Morgan fingerprint density at radius 1 is 1.03 bits per heavy atom. The average Bonchev–Trinajstić information content (AvgIpc) is 3.29. The number of halogens is 1. The smallest absolute Gasteiger partial charge is 0.276 e. The largest absolute Gasteiger partial charge is 0.378 e. The van der Waals surface area contributed by atoms with Crippen molar-refractivity contribution in [3.05, 3.63) is 75.7 Å². The van der Waals surface area contributed by atoms with Crippen LogP contribution in [-0.4, -0.2) is 47.3 Å². The Morgan fingerprint density at radius 2 is 1.81 bits per heavy atom. The molecule has 1 amide bonds. The van der Waals surface area contributed by atoms with Gasteiger partial charge in [-0.05, 0) is 23.8 Å². The zero-order valence-electron chi connectivity index (χ0n) is 16.4. The summed E-state index contributed by atoms with van der Waals surface area (Å²) in [5.74, 6) is -0.0292. The Labute approximate surface area is 182 Å². The van der Waals surface area contributed by atoms with Gasteiger partial charge in [0.25, 0.3) is 11.5 Å². The van der Waals surface area contributed by atoms with Gasteiger partial charge < -0.3 is 19.1 Å². The highest BCUT2D eigenvalue weighted by Crippen LogP contribution is 2.36. The zero-order valence-corrected chi connectivity index (χ0v) is 17.2. The first kappa shape index (κ1) is 19.5. The number of hydrogen-bond donors (Lipinski definition) is 1. The van der Waals surface area contributed by atoms with Gasteiger partial charge in [0.2, 0.25) is 0 Å². The summed E-state index contributed by atoms with van der Waals surface area (Å²) in [6.07, 6.45) is 0. The monoisotopic (exact) mass is 435 g/mol. The number of morpholine rings is 1. The lowest BCUT2D eigenvalue weighted by atomic mass is 9.95. The van der Waals surface area contributed by atoms with Gasteiger partial charge in [0.05, 0.1) is 18.8 Å². The lowest BCUT2D eigenvalue weighted by molar-refractivity contribution is 0.0296. The topological polar surface area (TPSA) is 88.4 Å². The first-order valence-corrected chi connectivity index (χ1v) is 10.2. The number of fused-ring (bicyclic) bond motifs is 1. The summed E-state index contributed by atoms with van der Waals surface area (Å²) in [5.41, 5.74) is 2.27. The molecule has 1 fully saturated rings. The summed E-state index contributed by atoms with van der Waals surface area (Å²) in [4.78, 5) is 30.4. The maximum atomic E-state index is 13.1. The number of amides is 1. The highest BCUT2D eigenvalue weighted by Gasteiger charge is 2.25. The van der Waals surface area contributed by atoms with Gasteiger partial charge in [-0.3, -0.25) is 9.59 Å². The SMILES string of the molecule is O=C(c1cc(-c2c(-c3ccccc3)c3cc(Cl)ccc3[nH]c2=O)on1)N1CCOCC1. The van der Waals surface area contributed by atoms with E-state index in [1.54, 1.807) is 23.1 Å². The molecule has 1 N–H and O–H groups in total. The van der Waals surface area contributed by atoms with Crippen LogP contribution < -0.4 is 5.56 Å². The van der Waals surface area contributed by atoms with Crippen molar-refractivity contribution in [3.63, 3.8) is 0 Å². The number of aromatic amines is 1. The van der Waals surface area contributed by atoms with E-state index in [0.29, 0.717) is 48.0 Å². The van der Waals surface area contributed by atoms with Crippen LogP contribution in [0.2, 0.25) is 5.02 Å². The Bertz CT molecular complexity index is 1320. The third kappa shape index (κ3) is 3.62. The van der Waals surface area contributed by atoms with Crippen molar-refractivity contribution in [2.75, 3.05) is 26.3 Å². The molecular formula is C23H18ClN3O4. The first-order chi connectivity index (χ1) is 15.1. The molecule has 1 aliphatic heterocycles. The molecule has 1 aliphatic rings. The fourth-order valence-electron chi connectivity index (χ4n) is 3.83. The predicted molar refractivity (Wildman–Crippen MR) is 117 cm³/mol. The molecule has 0 radical (unpaired) electrons. The number of aromatic nitrogens is 2. The van der Waals surface area contributed by atoms with E-state index in [9.17, 15) is 9.59 Å². The van der Waals surface area contributed by atoms with Gasteiger partial charge in [-0.1, -0.05) is 47.1 Å². The van der Waals surface area contributed by atoms with Crippen LogP contribution in [0.25, 0.3) is 33.4 Å². The number of nitrogens with zero attached hydrogens (tertiary/aromatic N) is 2. The van der Waals surface area contributed by atoms with E-state index in [4.69, 9.17) is 20.9 Å². The van der Waals surface area contributed by atoms with E-state index in [2.05, 4.69) is 10.1 Å². The fourth-order valence-corrected chi connectivity index (χ4v) is 4.00. The predicted octanol–water partition coefficient (Wildman–Crippen LogP) is 3.98. The molecule has 2 aromatic carbocycles. The quantitative estimate of drug-likeness (QED) is 0.526. The van der Waals surface area contributed by atoms with Crippen LogP contribution >= 0.6 is 11.6 Å². The number of carbonyl (C=O) groups is 1. The molecule has 0 unspecified atom stereocenters. The Kier molecular flexibility index (Phi) is 5.05. The van der Waals surface area contributed by atoms with Crippen LogP contribution in [0.5, 0.6) is 0 Å². The molecule has 0 saturated carbocycles. The molecule has 31 heavy (non-hydrogen) atoms. The molecule has 5 rings (SSSR count). The third-order valence-electron chi connectivity index (χ3n) is 5.31. The minimum absolute atomic E-state index is 0.154. The molecule has 0 atom stereocenters. The van der Waals surface area contributed by atoms with Crippen LogP contribution in [0.1, 0.15) is 10.5 Å². The Hall–Kier alpha value is -3.42. The van der Waals surface area contributed by atoms with Crippen molar-refractivity contribution in [2.45, 2.75) is 0 Å². The molecule has 0 spiro atoms. The van der Waals surface area contributed by atoms with Crippen LogP contribution in [0.15, 0.2) is 63.9 Å². The standard InChI is InChI=1S/C23H18ClN3O4/c24-15-6-7-17-16(12-15)20(14-4-2-1-3-5-14)21(22(28)25-17)19-13-18(26-31-19)23(29)27-8-10-30-11-9-27/h1-7,12-13H,8-11H2,(H,25,28). The van der Waals surface area contributed by atoms with E-state index in [0.717, 1.165) is 10.9 Å². The summed E-state index contributed by atoms with van der Waals surface area (Å²) in [6.45, 7) is 1.95. The molecule has 8 heteroatoms. The summed E-state index contributed by atoms with van der Waals surface area (Å²) in [5, 5.41) is 5.27. The minimum atomic E-state index is -0.338. The summed E-state index contributed by atoms with van der Waals surface area (Å²) < 4.78 is 10.8. The Balaban J connectivity index is 1.69. The maximum Gasteiger partial charge on any atom is 0.276 e. The number of rotatable bonds is 3. The number of pyridine rings is 1. The van der Waals surface area contributed by atoms with Crippen molar-refractivity contribution in [3.8, 4) is 22.5 Å². The van der Waals surface area contributed by atoms with Crippen molar-refractivity contribution >= 4 is 28.4 Å². The maximum absolute atomic E-state index is 13.1. The second kappa shape index (κ2) is 8.02. The molecule has 156 valence electrons. The van der Waals surface area contributed by atoms with Crippen LogP contribution in [-0.2, 0) is 4.74 Å². The van der Waals surface area contributed by atoms with Gasteiger partial charge >= 0.3 is 0 Å². The van der Waals surface area contributed by atoms with E-state index >= 15 is 0 Å². The summed E-state index contributed by atoms with van der Waals surface area (Å²) in [7, 11) is 0. The number of hydrogen-bond acceptors (Lipinski definition) is 5. The second-order valence-corrected chi connectivity index (χ2v) is 7.68. The highest BCUT2D eigenvalue weighted by molar-refractivity contribution is 6.31. The number of benzene rings is 2. The minimum Gasteiger partial charge on any atom is -0.378 e. The van der Waals surface area contributed by atoms with Gasteiger partial charge in [0.15, 0.2) is 11.5 Å². The molecule has 4 aromatic rings. The van der Waals surface area contributed by atoms with Gasteiger partial charge in [-0.2, -0.15) is 0 Å². The molecule has 3 heterocycles. The van der Waals surface area contributed by atoms with E-state index in [1.807, 2.05) is 30.3 Å². The Morgan fingerprint density at radius 3 is 2.58 bits per heavy atom. The lowest BCUT2D eigenvalue weighted by Gasteiger charge is -2.25. The van der Waals surface area contributed by atoms with E-state index < -0.39 is 0 Å². The molecule has 7 nitrogen and oxygen atoms in total. The van der Waals surface area contributed by atoms with Crippen molar-refractivity contribution < 1.29 is 14.1 Å². The third-order valence-corrected chi connectivity index (χ3v) is 5.55. The average molecular weight is 436 g/mol. The van der Waals surface area contributed by atoms with Crippen molar-refractivity contribution in [2.24, 2.45) is 0 Å². The lowest BCUT2D eigenvalue weighted by Crippen LogP contribution is -2.40. The highest BCUT2D eigenvalue weighted by atomic mass is 35.5. The molecule has 2 aromatic heterocycles. The van der Waals surface area contributed by atoms with Gasteiger partial charge in [-0.15, -0.1) is 0 Å². The molecule has 1 saturated heterocycles. The number of H-pyrrole nitrogens is 1. The van der Waals surface area contributed by atoms with Crippen LogP contribution in [0.4, 0.5) is 0 Å². The molecule has 0 aliphatic carbocycles. The van der Waals surface area contributed by atoms with Gasteiger partial charge in [0.1, 0.15) is 0 Å². The zero-order chi connectivity index (χ0) is 21.4. The molecule has 0 bridgehead atoms. The molecular weight excluding hydrogens is 418 g/mol. The van der Waals surface area contributed by atoms with Gasteiger partial charge in [0, 0.05) is 40.6 Å². The first-order valence-electron chi connectivity index (χ1n) is 9.87. The van der Waals surface area contributed by atoms with Crippen molar-refractivity contribution in [1.82, 2.24) is 15.0 Å². The fraction of sp³-hybridized carbons (Fsp3) is 0.174. The second-order valence-electron chi connectivity index (χ2n) is 7.24. The van der Waals surface area contributed by atoms with Crippen molar-refractivity contribution in [1.29, 1.82) is 0 Å². The summed E-state index contributed by atoms with van der Waals surface area (Å²) >= 11 is 6.26. The van der Waals surface area contributed by atoms with Gasteiger partial charge in [-0.25, -0.2) is 0 Å². The normalized spacial score (nSPS) is 14.2. The summed E-state index contributed by atoms with van der Waals surface area (Å²) in [6, 6.07) is 16.3. The van der Waals surface area contributed by atoms with Crippen LogP contribution in [0.3, 0.4) is 0 Å².